The summed E-state index contributed by atoms with van der Waals surface area (Å²) in [6.45, 7) is 5.08. The molecule has 5 heterocycles. The highest BCUT2D eigenvalue weighted by atomic mass is 19.1. The second-order valence-corrected chi connectivity index (χ2v) is 12.4. The van der Waals surface area contributed by atoms with Crippen molar-refractivity contribution in [2.24, 2.45) is 0 Å². The van der Waals surface area contributed by atoms with Crippen LogP contribution in [-0.2, 0) is 13.1 Å². The van der Waals surface area contributed by atoms with Gasteiger partial charge in [-0.05, 0) is 90.6 Å². The Morgan fingerprint density at radius 1 is 0.812 bits per heavy atom. The van der Waals surface area contributed by atoms with E-state index in [0.717, 1.165) is 81.8 Å². The molecule has 4 aromatic heterocycles. The maximum absolute atomic E-state index is 14.9. The van der Waals surface area contributed by atoms with Crippen LogP contribution in [0.15, 0.2) is 103 Å². The summed E-state index contributed by atoms with van der Waals surface area (Å²) in [5, 5.41) is 12.3. The maximum Gasteiger partial charge on any atom is 0.135 e. The van der Waals surface area contributed by atoms with Crippen LogP contribution in [0.5, 0.6) is 5.75 Å². The van der Waals surface area contributed by atoms with Crippen molar-refractivity contribution in [3.63, 3.8) is 0 Å². The Labute approximate surface area is 278 Å². The molecule has 0 spiro atoms. The highest BCUT2D eigenvalue weighted by Gasteiger charge is 2.17. The summed E-state index contributed by atoms with van der Waals surface area (Å²) in [7, 11) is 0. The molecule has 1 aliphatic rings. The number of ether oxygens (including phenoxy) is 1. The van der Waals surface area contributed by atoms with Gasteiger partial charge in [0.05, 0.1) is 16.9 Å². The first-order chi connectivity index (χ1) is 23.7. The topological polar surface area (TPSA) is 94.8 Å². The molecule has 8 nitrogen and oxygen atoms in total. The van der Waals surface area contributed by atoms with Crippen LogP contribution in [0.2, 0.25) is 0 Å². The molecule has 9 heteroatoms. The molecule has 0 radical (unpaired) electrons. The van der Waals surface area contributed by atoms with Gasteiger partial charge in [0, 0.05) is 54.6 Å². The van der Waals surface area contributed by atoms with Gasteiger partial charge in [0.25, 0.3) is 0 Å². The highest BCUT2D eigenvalue weighted by molar-refractivity contribution is 6.00. The van der Waals surface area contributed by atoms with Crippen molar-refractivity contribution in [1.29, 1.82) is 0 Å². The van der Waals surface area contributed by atoms with E-state index < -0.39 is 0 Å². The minimum Gasteiger partial charge on any atom is -0.492 e. The molecule has 0 atom stereocenters. The minimum absolute atomic E-state index is 0.322. The van der Waals surface area contributed by atoms with Crippen LogP contribution in [0.4, 0.5) is 4.39 Å². The predicted molar refractivity (Wildman–Crippen MR) is 188 cm³/mol. The third kappa shape index (κ3) is 6.43. The molecular formula is C39H36FN7O. The van der Waals surface area contributed by atoms with Crippen molar-refractivity contribution >= 4 is 21.9 Å². The number of aromatic nitrogens is 5. The second kappa shape index (κ2) is 13.4. The van der Waals surface area contributed by atoms with E-state index in [1.807, 2.05) is 67.0 Å². The SMILES string of the molecule is Fc1cc(OCCN2CCCC2)cc(-c2cccc3[nH]c(-c4n[nH]c5ccc(-c6cncc(CNCc7ccccc7)c6)nc45)cc23)c1. The van der Waals surface area contributed by atoms with E-state index >= 15 is 0 Å². The van der Waals surface area contributed by atoms with Crippen molar-refractivity contribution in [2.75, 3.05) is 26.2 Å². The van der Waals surface area contributed by atoms with Crippen LogP contribution in [0.25, 0.3) is 55.7 Å². The normalized spacial score (nSPS) is 13.5. The molecule has 3 N–H and O–H groups in total. The summed E-state index contributed by atoms with van der Waals surface area (Å²) < 4.78 is 20.9. The van der Waals surface area contributed by atoms with Gasteiger partial charge in [0.15, 0.2) is 0 Å². The molecule has 0 unspecified atom stereocenters. The average molecular weight is 638 g/mol. The molecule has 1 aliphatic heterocycles. The Morgan fingerprint density at radius 2 is 1.69 bits per heavy atom. The Kier molecular flexibility index (Phi) is 8.36. The number of pyridine rings is 2. The summed E-state index contributed by atoms with van der Waals surface area (Å²) in [6, 6.07) is 29.5. The van der Waals surface area contributed by atoms with Gasteiger partial charge >= 0.3 is 0 Å². The summed E-state index contributed by atoms with van der Waals surface area (Å²) in [4.78, 5) is 15.5. The van der Waals surface area contributed by atoms with Crippen LogP contribution in [0, 0.1) is 5.82 Å². The monoisotopic (exact) mass is 637 g/mol. The number of aromatic amines is 2. The summed E-state index contributed by atoms with van der Waals surface area (Å²) in [6.07, 6.45) is 6.19. The number of rotatable bonds is 11. The van der Waals surface area contributed by atoms with Gasteiger partial charge in [0.1, 0.15) is 29.4 Å². The largest absolute Gasteiger partial charge is 0.492 e. The highest BCUT2D eigenvalue weighted by Crippen LogP contribution is 2.36. The Balaban J connectivity index is 1.05. The van der Waals surface area contributed by atoms with E-state index in [-0.39, 0.29) is 5.82 Å². The molecule has 7 aromatic rings. The molecule has 0 aliphatic carbocycles. The number of hydrogen-bond acceptors (Lipinski definition) is 6. The third-order valence-electron chi connectivity index (χ3n) is 8.98. The molecule has 48 heavy (non-hydrogen) atoms. The molecule has 3 aromatic carbocycles. The standard InChI is InChI=1S/C39H36FN7O/c40-30-18-28(19-31(20-30)48-16-15-47-13-4-5-14-47)32-9-6-10-35-33(32)21-37(43-35)39-38-36(45-46-39)12-11-34(44-38)29-17-27(24-42-25-29)23-41-22-26-7-2-1-3-8-26/h1-3,6-12,17-21,24-25,41,43H,4-5,13-16,22-23H2,(H,45,46). The van der Waals surface area contributed by atoms with E-state index in [9.17, 15) is 4.39 Å². The molecule has 0 amide bonds. The fourth-order valence-electron chi connectivity index (χ4n) is 6.55. The molecular weight excluding hydrogens is 601 g/mol. The number of likely N-dealkylation sites (tertiary alicyclic amines) is 1. The second-order valence-electron chi connectivity index (χ2n) is 12.4. The van der Waals surface area contributed by atoms with Crippen LogP contribution in [0.3, 0.4) is 0 Å². The number of H-pyrrole nitrogens is 2. The number of hydrogen-bond donors (Lipinski definition) is 3. The van der Waals surface area contributed by atoms with Gasteiger partial charge in [-0.1, -0.05) is 42.5 Å². The maximum atomic E-state index is 14.9. The fraction of sp³-hybridized carbons (Fsp3) is 0.205. The van der Waals surface area contributed by atoms with Gasteiger partial charge in [-0.2, -0.15) is 5.10 Å². The number of nitrogens with one attached hydrogen (secondary N) is 3. The molecule has 240 valence electrons. The summed E-state index contributed by atoms with van der Waals surface area (Å²) >= 11 is 0. The van der Waals surface area contributed by atoms with Gasteiger partial charge in [-0.3, -0.25) is 15.0 Å². The molecule has 0 saturated carbocycles. The summed E-state index contributed by atoms with van der Waals surface area (Å²) in [5.74, 6) is 0.217. The van der Waals surface area contributed by atoms with E-state index in [0.29, 0.717) is 24.6 Å². The van der Waals surface area contributed by atoms with Gasteiger partial charge in [-0.25, -0.2) is 9.37 Å². The van der Waals surface area contributed by atoms with Crippen LogP contribution < -0.4 is 10.1 Å². The first kappa shape index (κ1) is 30.0. The lowest BCUT2D eigenvalue weighted by Crippen LogP contribution is -2.25. The molecule has 8 rings (SSSR count). The van der Waals surface area contributed by atoms with Gasteiger partial charge < -0.3 is 15.0 Å². The third-order valence-corrected chi connectivity index (χ3v) is 8.98. The van der Waals surface area contributed by atoms with Gasteiger partial charge in [0.2, 0.25) is 0 Å². The number of halogens is 1. The Hall–Kier alpha value is -5.38. The quantitative estimate of drug-likeness (QED) is 0.134. The lowest BCUT2D eigenvalue weighted by molar-refractivity contribution is 0.237. The van der Waals surface area contributed by atoms with E-state index in [1.165, 1.54) is 24.5 Å². The van der Waals surface area contributed by atoms with Gasteiger partial charge in [-0.15, -0.1) is 0 Å². The van der Waals surface area contributed by atoms with Crippen molar-refractivity contribution in [3.05, 3.63) is 120 Å². The lowest BCUT2D eigenvalue weighted by Gasteiger charge is -2.15. The van der Waals surface area contributed by atoms with Crippen LogP contribution in [-0.4, -0.2) is 56.3 Å². The minimum atomic E-state index is -0.322. The smallest absolute Gasteiger partial charge is 0.135 e. The van der Waals surface area contributed by atoms with E-state index in [1.54, 1.807) is 6.07 Å². The molecule has 0 bridgehead atoms. The predicted octanol–water partition coefficient (Wildman–Crippen LogP) is 7.74. The van der Waals surface area contributed by atoms with E-state index in [4.69, 9.17) is 9.72 Å². The zero-order valence-electron chi connectivity index (χ0n) is 26.5. The molecule has 1 saturated heterocycles. The van der Waals surface area contributed by atoms with Crippen molar-refractivity contribution in [1.82, 2.24) is 35.4 Å². The first-order valence-electron chi connectivity index (χ1n) is 16.5. The summed E-state index contributed by atoms with van der Waals surface area (Å²) in [5.41, 5.74) is 9.81. The van der Waals surface area contributed by atoms with Crippen LogP contribution >= 0.6 is 0 Å². The van der Waals surface area contributed by atoms with Crippen molar-refractivity contribution < 1.29 is 9.13 Å². The average Bonchev–Trinajstić information content (AvgIpc) is 3.88. The fourth-order valence-corrected chi connectivity index (χ4v) is 6.55. The van der Waals surface area contributed by atoms with Crippen molar-refractivity contribution in [2.45, 2.75) is 25.9 Å². The zero-order chi connectivity index (χ0) is 32.3. The number of fused-ring (bicyclic) bond motifs is 2. The first-order valence-corrected chi connectivity index (χ1v) is 16.5. The number of nitrogens with zero attached hydrogens (tertiary/aromatic N) is 4. The number of benzene rings is 3. The van der Waals surface area contributed by atoms with E-state index in [2.05, 4.69) is 54.6 Å². The molecule has 1 fully saturated rings. The lowest BCUT2D eigenvalue weighted by atomic mass is 10.0. The Morgan fingerprint density at radius 3 is 2.58 bits per heavy atom. The Bertz CT molecular complexity index is 2190. The van der Waals surface area contributed by atoms with Crippen LogP contribution in [0.1, 0.15) is 24.0 Å². The van der Waals surface area contributed by atoms with Crippen molar-refractivity contribution in [3.8, 4) is 39.5 Å². The zero-order valence-corrected chi connectivity index (χ0v) is 26.5.